The molecular weight excluding hydrogens is 254 g/mol. The largest absolute Gasteiger partial charge is 0.484 e. The highest BCUT2D eigenvalue weighted by Gasteiger charge is 2.03. The molecule has 0 aliphatic rings. The van der Waals surface area contributed by atoms with E-state index in [-0.39, 0.29) is 12.5 Å². The molecule has 5 heteroatoms. The molecule has 0 radical (unpaired) electrons. The van der Waals surface area contributed by atoms with E-state index in [1.807, 2.05) is 38.1 Å². The Morgan fingerprint density at radius 2 is 2.25 bits per heavy atom. The molecule has 5 nitrogen and oxygen atoms in total. The van der Waals surface area contributed by atoms with Gasteiger partial charge in [0.1, 0.15) is 11.6 Å². The van der Waals surface area contributed by atoms with Crippen LogP contribution in [0.5, 0.6) is 5.75 Å². The Kier molecular flexibility index (Phi) is 4.76. The Morgan fingerprint density at radius 3 is 2.95 bits per heavy atom. The van der Waals surface area contributed by atoms with Crippen molar-refractivity contribution in [2.45, 2.75) is 20.3 Å². The lowest BCUT2D eigenvalue weighted by Gasteiger charge is -2.07. The van der Waals surface area contributed by atoms with Crippen molar-refractivity contribution in [1.82, 2.24) is 15.3 Å². The van der Waals surface area contributed by atoms with E-state index in [0.717, 1.165) is 23.5 Å². The van der Waals surface area contributed by atoms with Crippen LogP contribution >= 0.6 is 0 Å². The van der Waals surface area contributed by atoms with Crippen molar-refractivity contribution in [2.24, 2.45) is 0 Å². The highest BCUT2D eigenvalue weighted by molar-refractivity contribution is 5.77. The summed E-state index contributed by atoms with van der Waals surface area (Å²) in [6, 6.07) is 7.64. The zero-order valence-electron chi connectivity index (χ0n) is 11.8. The summed E-state index contributed by atoms with van der Waals surface area (Å²) < 4.78 is 5.42. The standard InChI is InChI=1S/C15H19N3O2/c1-11-4-3-5-14(8-11)20-10-15(19)16-7-6-13-9-17-12(2)18-13/h3-5,8-9H,6-7,10H2,1-2H3,(H,16,19)(H,17,18). The number of carbonyl (C=O) groups excluding carboxylic acids is 1. The summed E-state index contributed by atoms with van der Waals surface area (Å²) in [5, 5.41) is 2.81. The van der Waals surface area contributed by atoms with Crippen molar-refractivity contribution in [3.8, 4) is 5.75 Å². The Hall–Kier alpha value is -2.30. The number of benzene rings is 1. The number of H-pyrrole nitrogens is 1. The Morgan fingerprint density at radius 1 is 1.40 bits per heavy atom. The zero-order valence-corrected chi connectivity index (χ0v) is 11.8. The third-order valence-electron chi connectivity index (χ3n) is 2.83. The second-order valence-electron chi connectivity index (χ2n) is 4.70. The molecular formula is C15H19N3O2. The predicted molar refractivity (Wildman–Crippen MR) is 76.7 cm³/mol. The highest BCUT2D eigenvalue weighted by atomic mass is 16.5. The number of amides is 1. The first-order valence-electron chi connectivity index (χ1n) is 6.60. The van der Waals surface area contributed by atoms with E-state index >= 15 is 0 Å². The smallest absolute Gasteiger partial charge is 0.257 e. The van der Waals surface area contributed by atoms with Crippen molar-refractivity contribution in [2.75, 3.05) is 13.2 Å². The normalized spacial score (nSPS) is 10.3. The molecule has 106 valence electrons. The maximum atomic E-state index is 11.6. The molecule has 1 amide bonds. The minimum Gasteiger partial charge on any atom is -0.484 e. The molecule has 0 unspecified atom stereocenters. The van der Waals surface area contributed by atoms with Gasteiger partial charge in [0, 0.05) is 24.9 Å². The van der Waals surface area contributed by atoms with Gasteiger partial charge in [-0.05, 0) is 31.5 Å². The Balaban J connectivity index is 1.68. The second kappa shape index (κ2) is 6.75. The van der Waals surface area contributed by atoms with Crippen LogP contribution in [0.1, 0.15) is 17.1 Å². The average Bonchev–Trinajstić information content (AvgIpc) is 2.82. The monoisotopic (exact) mass is 273 g/mol. The molecule has 0 bridgehead atoms. The van der Waals surface area contributed by atoms with Gasteiger partial charge in [-0.15, -0.1) is 0 Å². The van der Waals surface area contributed by atoms with Crippen molar-refractivity contribution >= 4 is 5.91 Å². The van der Waals surface area contributed by atoms with Gasteiger partial charge in [0.25, 0.3) is 5.91 Å². The van der Waals surface area contributed by atoms with Crippen LogP contribution in [0.15, 0.2) is 30.5 Å². The molecule has 0 atom stereocenters. The van der Waals surface area contributed by atoms with Crippen molar-refractivity contribution in [1.29, 1.82) is 0 Å². The fraction of sp³-hybridized carbons (Fsp3) is 0.333. The maximum Gasteiger partial charge on any atom is 0.257 e. The molecule has 0 fully saturated rings. The summed E-state index contributed by atoms with van der Waals surface area (Å²) in [7, 11) is 0. The van der Waals surface area contributed by atoms with Gasteiger partial charge >= 0.3 is 0 Å². The summed E-state index contributed by atoms with van der Waals surface area (Å²) in [4.78, 5) is 18.9. The van der Waals surface area contributed by atoms with Gasteiger partial charge in [-0.3, -0.25) is 4.79 Å². The SMILES string of the molecule is Cc1cccc(OCC(=O)NCCc2cnc(C)[nH]2)c1. The van der Waals surface area contributed by atoms with E-state index in [4.69, 9.17) is 4.74 Å². The molecule has 2 rings (SSSR count). The lowest BCUT2D eigenvalue weighted by molar-refractivity contribution is -0.123. The first-order chi connectivity index (χ1) is 9.63. The second-order valence-corrected chi connectivity index (χ2v) is 4.70. The number of nitrogens with zero attached hydrogens (tertiary/aromatic N) is 1. The van der Waals surface area contributed by atoms with Crippen LogP contribution in [0.4, 0.5) is 0 Å². The molecule has 2 aromatic rings. The molecule has 0 spiro atoms. The van der Waals surface area contributed by atoms with Crippen molar-refractivity contribution < 1.29 is 9.53 Å². The maximum absolute atomic E-state index is 11.6. The van der Waals surface area contributed by atoms with Crippen LogP contribution in [-0.2, 0) is 11.2 Å². The summed E-state index contributed by atoms with van der Waals surface area (Å²) in [5.41, 5.74) is 2.12. The van der Waals surface area contributed by atoms with Gasteiger partial charge in [-0.2, -0.15) is 0 Å². The average molecular weight is 273 g/mol. The van der Waals surface area contributed by atoms with Crippen LogP contribution in [0, 0.1) is 13.8 Å². The van der Waals surface area contributed by atoms with Crippen LogP contribution in [0.3, 0.4) is 0 Å². The molecule has 2 N–H and O–H groups in total. The van der Waals surface area contributed by atoms with E-state index in [2.05, 4.69) is 15.3 Å². The predicted octanol–water partition coefficient (Wildman–Crippen LogP) is 1.76. The number of imidazole rings is 1. The number of hydrogen-bond donors (Lipinski definition) is 2. The minimum atomic E-state index is -0.122. The van der Waals surface area contributed by atoms with Crippen LogP contribution < -0.4 is 10.1 Å². The molecule has 20 heavy (non-hydrogen) atoms. The summed E-state index contributed by atoms with van der Waals surface area (Å²) in [6.45, 7) is 4.49. The third kappa shape index (κ3) is 4.42. The zero-order chi connectivity index (χ0) is 14.4. The lowest BCUT2D eigenvalue weighted by atomic mass is 10.2. The van der Waals surface area contributed by atoms with Gasteiger partial charge in [0.2, 0.25) is 0 Å². The van der Waals surface area contributed by atoms with Gasteiger partial charge < -0.3 is 15.0 Å². The fourth-order valence-corrected chi connectivity index (χ4v) is 1.84. The number of carbonyl (C=O) groups is 1. The third-order valence-corrected chi connectivity index (χ3v) is 2.83. The quantitative estimate of drug-likeness (QED) is 0.843. The van der Waals surface area contributed by atoms with Gasteiger partial charge in [0.15, 0.2) is 6.61 Å². The number of hydrogen-bond acceptors (Lipinski definition) is 3. The van der Waals surface area contributed by atoms with E-state index in [1.165, 1.54) is 0 Å². The molecule has 0 saturated carbocycles. The fourth-order valence-electron chi connectivity index (χ4n) is 1.84. The molecule has 0 saturated heterocycles. The molecule has 1 aromatic carbocycles. The summed E-state index contributed by atoms with van der Waals surface area (Å²) in [6.07, 6.45) is 2.52. The van der Waals surface area contributed by atoms with E-state index in [1.54, 1.807) is 6.20 Å². The highest BCUT2D eigenvalue weighted by Crippen LogP contribution is 2.11. The molecule has 1 aromatic heterocycles. The van der Waals surface area contributed by atoms with Crippen LogP contribution in [0.25, 0.3) is 0 Å². The first kappa shape index (κ1) is 14.1. The molecule has 0 aliphatic heterocycles. The van der Waals surface area contributed by atoms with E-state index in [9.17, 15) is 4.79 Å². The number of aromatic nitrogens is 2. The number of ether oxygens (including phenoxy) is 1. The van der Waals surface area contributed by atoms with Crippen LogP contribution in [-0.4, -0.2) is 29.0 Å². The number of rotatable bonds is 6. The van der Waals surface area contributed by atoms with Gasteiger partial charge in [-0.1, -0.05) is 12.1 Å². The summed E-state index contributed by atoms with van der Waals surface area (Å²) in [5.74, 6) is 1.47. The van der Waals surface area contributed by atoms with Crippen LogP contribution in [0.2, 0.25) is 0 Å². The van der Waals surface area contributed by atoms with Gasteiger partial charge in [0.05, 0.1) is 0 Å². The van der Waals surface area contributed by atoms with Gasteiger partial charge in [-0.25, -0.2) is 4.98 Å². The number of nitrogens with one attached hydrogen (secondary N) is 2. The number of aryl methyl sites for hydroxylation is 2. The van der Waals surface area contributed by atoms with Crippen molar-refractivity contribution in [3.63, 3.8) is 0 Å². The van der Waals surface area contributed by atoms with E-state index < -0.39 is 0 Å². The Labute approximate surface area is 118 Å². The topological polar surface area (TPSA) is 67.0 Å². The Bertz CT molecular complexity index is 578. The number of aromatic amines is 1. The van der Waals surface area contributed by atoms with E-state index in [0.29, 0.717) is 12.3 Å². The molecule has 1 heterocycles. The minimum absolute atomic E-state index is 0.0332. The summed E-state index contributed by atoms with van der Waals surface area (Å²) >= 11 is 0. The first-order valence-corrected chi connectivity index (χ1v) is 6.60. The van der Waals surface area contributed by atoms with Crippen molar-refractivity contribution in [3.05, 3.63) is 47.5 Å². The lowest BCUT2D eigenvalue weighted by Crippen LogP contribution is -2.30. The molecule has 0 aliphatic carbocycles.